The van der Waals surface area contributed by atoms with E-state index in [2.05, 4.69) is 5.32 Å². The van der Waals surface area contributed by atoms with Crippen molar-refractivity contribution in [1.29, 1.82) is 0 Å². The standard InChI is InChI=1S/C10H21NO3/c1-5-10(4,14)7-11-6-9(2,3)8(12)13/h11,14H,5-7H2,1-4H3,(H,12,13). The molecule has 1 atom stereocenters. The molecule has 0 bridgehead atoms. The second-order valence-corrected chi connectivity index (χ2v) is 4.64. The van der Waals surface area contributed by atoms with Gasteiger partial charge in [-0.05, 0) is 27.2 Å². The predicted octanol–water partition coefficient (Wildman–Crippen LogP) is 0.848. The Bertz CT molecular complexity index is 200. The molecule has 0 aliphatic carbocycles. The quantitative estimate of drug-likeness (QED) is 0.598. The molecule has 0 rings (SSSR count). The molecule has 0 aromatic rings. The average Bonchev–Trinajstić information content (AvgIpc) is 2.03. The number of aliphatic hydroxyl groups is 1. The second-order valence-electron chi connectivity index (χ2n) is 4.64. The van der Waals surface area contributed by atoms with Gasteiger partial charge in [0, 0.05) is 13.1 Å². The van der Waals surface area contributed by atoms with E-state index >= 15 is 0 Å². The van der Waals surface area contributed by atoms with Gasteiger partial charge in [-0.15, -0.1) is 0 Å². The number of carbonyl (C=O) groups is 1. The van der Waals surface area contributed by atoms with Crippen LogP contribution in [-0.4, -0.2) is 34.9 Å². The summed E-state index contributed by atoms with van der Waals surface area (Å²) in [5, 5.41) is 21.4. The highest BCUT2D eigenvalue weighted by Gasteiger charge is 2.27. The molecule has 0 heterocycles. The normalized spacial score (nSPS) is 16.4. The molecule has 3 N–H and O–H groups in total. The molecule has 0 aliphatic heterocycles. The van der Waals surface area contributed by atoms with Crippen molar-refractivity contribution in [2.75, 3.05) is 13.1 Å². The SMILES string of the molecule is CCC(C)(O)CNCC(C)(C)C(=O)O. The molecular formula is C10H21NO3. The Balaban J connectivity index is 3.91. The minimum atomic E-state index is -0.832. The van der Waals surface area contributed by atoms with Gasteiger partial charge in [0.1, 0.15) is 0 Å². The predicted molar refractivity (Wildman–Crippen MR) is 55.2 cm³/mol. The lowest BCUT2D eigenvalue weighted by molar-refractivity contribution is -0.146. The van der Waals surface area contributed by atoms with Gasteiger partial charge in [-0.1, -0.05) is 6.92 Å². The summed E-state index contributed by atoms with van der Waals surface area (Å²) in [6.07, 6.45) is 0.646. The fourth-order valence-electron chi connectivity index (χ4n) is 0.845. The van der Waals surface area contributed by atoms with Crippen LogP contribution in [0.25, 0.3) is 0 Å². The van der Waals surface area contributed by atoms with Gasteiger partial charge < -0.3 is 15.5 Å². The first-order valence-electron chi connectivity index (χ1n) is 4.88. The molecule has 4 nitrogen and oxygen atoms in total. The summed E-state index contributed by atoms with van der Waals surface area (Å²) < 4.78 is 0. The summed E-state index contributed by atoms with van der Waals surface area (Å²) in [5.74, 6) is -0.832. The smallest absolute Gasteiger partial charge is 0.310 e. The molecule has 0 aromatic heterocycles. The Morgan fingerprint density at radius 2 is 1.79 bits per heavy atom. The van der Waals surface area contributed by atoms with Crippen molar-refractivity contribution < 1.29 is 15.0 Å². The van der Waals surface area contributed by atoms with Crippen LogP contribution in [0, 0.1) is 5.41 Å². The average molecular weight is 203 g/mol. The zero-order valence-electron chi connectivity index (χ0n) is 9.42. The molecule has 0 fully saturated rings. The van der Waals surface area contributed by atoms with Gasteiger partial charge in [-0.25, -0.2) is 0 Å². The van der Waals surface area contributed by atoms with E-state index in [-0.39, 0.29) is 0 Å². The third-order valence-corrected chi connectivity index (χ3v) is 2.41. The summed E-state index contributed by atoms with van der Waals surface area (Å²) in [7, 11) is 0. The van der Waals surface area contributed by atoms with Gasteiger partial charge in [0.15, 0.2) is 0 Å². The summed E-state index contributed by atoms with van der Waals surface area (Å²) >= 11 is 0. The minimum Gasteiger partial charge on any atom is -0.481 e. The van der Waals surface area contributed by atoms with E-state index in [0.29, 0.717) is 19.5 Å². The molecule has 0 amide bonds. The molecule has 0 saturated heterocycles. The van der Waals surface area contributed by atoms with Crippen LogP contribution in [-0.2, 0) is 4.79 Å². The Labute approximate surface area is 85.3 Å². The van der Waals surface area contributed by atoms with Gasteiger partial charge in [0.25, 0.3) is 0 Å². The van der Waals surface area contributed by atoms with E-state index in [9.17, 15) is 9.90 Å². The molecule has 4 heteroatoms. The summed E-state index contributed by atoms with van der Waals surface area (Å²) in [4.78, 5) is 10.7. The molecule has 0 spiro atoms. The van der Waals surface area contributed by atoms with Crippen LogP contribution in [0.5, 0.6) is 0 Å². The molecule has 0 aliphatic rings. The molecule has 0 radical (unpaired) electrons. The molecular weight excluding hydrogens is 182 g/mol. The number of nitrogens with one attached hydrogen (secondary N) is 1. The van der Waals surface area contributed by atoms with Crippen LogP contribution in [0.4, 0.5) is 0 Å². The van der Waals surface area contributed by atoms with E-state index < -0.39 is 17.0 Å². The van der Waals surface area contributed by atoms with Crippen molar-refractivity contribution in [1.82, 2.24) is 5.32 Å². The zero-order valence-corrected chi connectivity index (χ0v) is 9.42. The van der Waals surface area contributed by atoms with E-state index in [1.165, 1.54) is 0 Å². The maximum atomic E-state index is 10.7. The molecule has 0 saturated carbocycles. The number of carboxylic acids is 1. The van der Waals surface area contributed by atoms with Gasteiger partial charge in [-0.2, -0.15) is 0 Å². The molecule has 14 heavy (non-hydrogen) atoms. The van der Waals surface area contributed by atoms with Crippen LogP contribution in [0.1, 0.15) is 34.1 Å². The van der Waals surface area contributed by atoms with E-state index in [1.807, 2.05) is 6.92 Å². The van der Waals surface area contributed by atoms with Gasteiger partial charge in [-0.3, -0.25) is 4.79 Å². The van der Waals surface area contributed by atoms with Crippen LogP contribution >= 0.6 is 0 Å². The van der Waals surface area contributed by atoms with Gasteiger partial charge in [0.2, 0.25) is 0 Å². The van der Waals surface area contributed by atoms with Crippen molar-refractivity contribution in [3.05, 3.63) is 0 Å². The fourth-order valence-corrected chi connectivity index (χ4v) is 0.845. The first kappa shape index (κ1) is 13.4. The highest BCUT2D eigenvalue weighted by molar-refractivity contribution is 5.73. The van der Waals surface area contributed by atoms with Crippen molar-refractivity contribution >= 4 is 5.97 Å². The third kappa shape index (κ3) is 4.58. The first-order valence-corrected chi connectivity index (χ1v) is 4.88. The maximum absolute atomic E-state index is 10.7. The minimum absolute atomic E-state index is 0.360. The van der Waals surface area contributed by atoms with Crippen molar-refractivity contribution in [3.8, 4) is 0 Å². The molecule has 84 valence electrons. The van der Waals surface area contributed by atoms with Crippen LogP contribution in [0.15, 0.2) is 0 Å². The van der Waals surface area contributed by atoms with E-state index in [0.717, 1.165) is 0 Å². The number of aliphatic carboxylic acids is 1. The lowest BCUT2D eigenvalue weighted by atomic mass is 9.93. The van der Waals surface area contributed by atoms with E-state index in [1.54, 1.807) is 20.8 Å². The largest absolute Gasteiger partial charge is 0.481 e. The Kier molecular flexibility index (Phi) is 4.55. The number of rotatable bonds is 6. The van der Waals surface area contributed by atoms with Crippen LogP contribution in [0.3, 0.4) is 0 Å². The number of hydrogen-bond donors (Lipinski definition) is 3. The van der Waals surface area contributed by atoms with Crippen molar-refractivity contribution in [2.45, 2.75) is 39.7 Å². The Morgan fingerprint density at radius 3 is 2.14 bits per heavy atom. The second kappa shape index (κ2) is 4.75. The molecule has 0 aromatic carbocycles. The monoisotopic (exact) mass is 203 g/mol. The molecule has 1 unspecified atom stereocenters. The van der Waals surface area contributed by atoms with Gasteiger partial charge >= 0.3 is 5.97 Å². The van der Waals surface area contributed by atoms with Gasteiger partial charge in [0.05, 0.1) is 11.0 Å². The van der Waals surface area contributed by atoms with Crippen molar-refractivity contribution in [3.63, 3.8) is 0 Å². The van der Waals surface area contributed by atoms with Crippen LogP contribution in [0.2, 0.25) is 0 Å². The fraction of sp³-hybridized carbons (Fsp3) is 0.900. The maximum Gasteiger partial charge on any atom is 0.310 e. The lowest BCUT2D eigenvalue weighted by Crippen LogP contribution is -2.43. The third-order valence-electron chi connectivity index (χ3n) is 2.41. The van der Waals surface area contributed by atoms with Crippen LogP contribution < -0.4 is 5.32 Å². The Hall–Kier alpha value is -0.610. The van der Waals surface area contributed by atoms with Crippen molar-refractivity contribution in [2.24, 2.45) is 5.41 Å². The summed E-state index contributed by atoms with van der Waals surface area (Å²) in [6, 6.07) is 0. The Morgan fingerprint density at radius 1 is 1.29 bits per heavy atom. The highest BCUT2D eigenvalue weighted by atomic mass is 16.4. The summed E-state index contributed by atoms with van der Waals surface area (Å²) in [6.45, 7) is 7.71. The van der Waals surface area contributed by atoms with E-state index in [4.69, 9.17) is 5.11 Å². The number of carboxylic acid groups (broad SMARTS) is 1. The zero-order chi connectivity index (χ0) is 11.4. The highest BCUT2D eigenvalue weighted by Crippen LogP contribution is 2.14. The topological polar surface area (TPSA) is 69.6 Å². The number of hydrogen-bond acceptors (Lipinski definition) is 3. The first-order chi connectivity index (χ1) is 6.21. The summed E-state index contributed by atoms with van der Waals surface area (Å²) in [5.41, 5.74) is -1.54. The lowest BCUT2D eigenvalue weighted by Gasteiger charge is -2.25.